The molecule has 0 amide bonds. The van der Waals surface area contributed by atoms with E-state index in [0.29, 0.717) is 10.0 Å². The molecule has 0 radical (unpaired) electrons. The summed E-state index contributed by atoms with van der Waals surface area (Å²) in [5, 5.41) is 24.2. The summed E-state index contributed by atoms with van der Waals surface area (Å²) in [5.41, 5.74) is 0.574. The van der Waals surface area contributed by atoms with Gasteiger partial charge in [-0.05, 0) is 22.9 Å². The van der Waals surface area contributed by atoms with Crippen LogP contribution >= 0.6 is 15.9 Å². The van der Waals surface area contributed by atoms with Crippen molar-refractivity contribution in [1.82, 2.24) is 10.2 Å². The van der Waals surface area contributed by atoms with Crippen molar-refractivity contribution in [2.75, 3.05) is 26.2 Å². The smallest absolute Gasteiger partial charge is 0.271 e. The number of phenols is 1. The molecular weight excluding hydrogens is 314 g/mol. The number of nitrogens with one attached hydrogen (secondary N) is 1. The van der Waals surface area contributed by atoms with Gasteiger partial charge < -0.3 is 10.4 Å². The van der Waals surface area contributed by atoms with Crippen LogP contribution < -0.4 is 5.32 Å². The zero-order valence-corrected chi connectivity index (χ0v) is 12.2. The molecule has 0 saturated carbocycles. The molecule has 0 unspecified atom stereocenters. The van der Waals surface area contributed by atoms with Crippen LogP contribution in [0.4, 0.5) is 5.69 Å². The minimum absolute atomic E-state index is 0.0124. The largest absolute Gasteiger partial charge is 0.506 e. The molecule has 1 aromatic carbocycles. The van der Waals surface area contributed by atoms with Gasteiger partial charge in [0.15, 0.2) is 0 Å². The van der Waals surface area contributed by atoms with E-state index in [9.17, 15) is 15.2 Å². The Hall–Kier alpha value is -1.18. The molecule has 0 bridgehead atoms. The van der Waals surface area contributed by atoms with Gasteiger partial charge in [-0.3, -0.25) is 15.0 Å². The second-order valence-corrected chi connectivity index (χ2v) is 5.44. The van der Waals surface area contributed by atoms with Crippen molar-refractivity contribution in [3.63, 3.8) is 0 Å². The van der Waals surface area contributed by atoms with Gasteiger partial charge in [-0.2, -0.15) is 0 Å². The standard InChI is InChI=1S/C12H16BrN3O3/c1-8(15-4-2-14-3-5-15)10-6-9(16(18)19)7-11(13)12(10)17/h6-8,14,17H,2-5H2,1H3/t8-/m0/s1. The van der Waals surface area contributed by atoms with Crippen molar-refractivity contribution in [2.24, 2.45) is 0 Å². The fraction of sp³-hybridized carbons (Fsp3) is 0.500. The molecular formula is C12H16BrN3O3. The Kier molecular flexibility index (Phi) is 4.38. The number of nitro benzene ring substituents is 1. The minimum atomic E-state index is -0.446. The summed E-state index contributed by atoms with van der Waals surface area (Å²) in [4.78, 5) is 12.6. The molecule has 1 aromatic rings. The fourth-order valence-corrected chi connectivity index (χ4v) is 2.76. The van der Waals surface area contributed by atoms with Gasteiger partial charge >= 0.3 is 0 Å². The second kappa shape index (κ2) is 5.85. The number of benzene rings is 1. The Morgan fingerprint density at radius 1 is 1.47 bits per heavy atom. The van der Waals surface area contributed by atoms with Gasteiger partial charge in [-0.1, -0.05) is 0 Å². The van der Waals surface area contributed by atoms with Gasteiger partial charge in [-0.25, -0.2) is 0 Å². The van der Waals surface area contributed by atoms with Crippen molar-refractivity contribution in [2.45, 2.75) is 13.0 Å². The number of aromatic hydroxyl groups is 1. The van der Waals surface area contributed by atoms with Gasteiger partial charge in [0.05, 0.1) is 9.40 Å². The summed E-state index contributed by atoms with van der Waals surface area (Å²) in [7, 11) is 0. The number of non-ortho nitro benzene ring substituents is 1. The van der Waals surface area contributed by atoms with Crippen LogP contribution in [0.1, 0.15) is 18.5 Å². The molecule has 2 N–H and O–H groups in total. The summed E-state index contributed by atoms with van der Waals surface area (Å²) >= 11 is 3.17. The summed E-state index contributed by atoms with van der Waals surface area (Å²) in [6.07, 6.45) is 0. The SMILES string of the molecule is C[C@@H](c1cc([N+](=O)[O-])cc(Br)c1O)N1CCNCC1. The van der Waals surface area contributed by atoms with Crippen LogP contribution in [0, 0.1) is 10.1 Å². The van der Waals surface area contributed by atoms with Crippen LogP contribution in [0.2, 0.25) is 0 Å². The number of phenolic OH excluding ortho intramolecular Hbond substituents is 1. The van der Waals surface area contributed by atoms with Crippen LogP contribution in [0.3, 0.4) is 0 Å². The van der Waals surface area contributed by atoms with E-state index in [-0.39, 0.29) is 17.5 Å². The molecule has 1 atom stereocenters. The van der Waals surface area contributed by atoms with Crippen molar-refractivity contribution < 1.29 is 10.0 Å². The first-order valence-corrected chi connectivity index (χ1v) is 6.91. The maximum atomic E-state index is 10.9. The third kappa shape index (κ3) is 3.05. The van der Waals surface area contributed by atoms with Crippen LogP contribution in [0.5, 0.6) is 5.75 Å². The number of hydrogen-bond donors (Lipinski definition) is 2. The lowest BCUT2D eigenvalue weighted by atomic mass is 10.0. The number of nitrogens with zero attached hydrogens (tertiary/aromatic N) is 2. The highest BCUT2D eigenvalue weighted by Crippen LogP contribution is 2.37. The molecule has 1 aliphatic rings. The number of halogens is 1. The molecule has 104 valence electrons. The average molecular weight is 330 g/mol. The monoisotopic (exact) mass is 329 g/mol. The quantitative estimate of drug-likeness (QED) is 0.655. The minimum Gasteiger partial charge on any atom is -0.506 e. The van der Waals surface area contributed by atoms with Gasteiger partial charge in [-0.15, -0.1) is 0 Å². The van der Waals surface area contributed by atoms with Crippen molar-refractivity contribution in [1.29, 1.82) is 0 Å². The Bertz CT molecular complexity index is 489. The molecule has 1 saturated heterocycles. The highest BCUT2D eigenvalue weighted by Gasteiger charge is 2.24. The van der Waals surface area contributed by atoms with E-state index < -0.39 is 4.92 Å². The zero-order valence-electron chi connectivity index (χ0n) is 10.6. The molecule has 0 spiro atoms. The van der Waals surface area contributed by atoms with E-state index >= 15 is 0 Å². The van der Waals surface area contributed by atoms with Crippen molar-refractivity contribution in [3.05, 3.63) is 32.3 Å². The van der Waals surface area contributed by atoms with E-state index in [4.69, 9.17) is 0 Å². The van der Waals surface area contributed by atoms with Gasteiger partial charge in [0.25, 0.3) is 5.69 Å². The normalized spacial score (nSPS) is 18.2. The molecule has 0 aliphatic carbocycles. The molecule has 0 aromatic heterocycles. The second-order valence-electron chi connectivity index (χ2n) is 4.58. The first kappa shape index (κ1) is 14.2. The first-order chi connectivity index (χ1) is 9.00. The zero-order chi connectivity index (χ0) is 14.0. The number of rotatable bonds is 3. The Morgan fingerprint density at radius 3 is 2.68 bits per heavy atom. The molecule has 1 aliphatic heterocycles. The molecule has 7 heteroatoms. The summed E-state index contributed by atoms with van der Waals surface area (Å²) in [6.45, 7) is 5.46. The molecule has 2 rings (SSSR count). The van der Waals surface area contributed by atoms with Crippen LogP contribution in [0.25, 0.3) is 0 Å². The van der Waals surface area contributed by atoms with E-state index in [1.807, 2.05) is 6.92 Å². The molecule has 1 heterocycles. The lowest BCUT2D eigenvalue weighted by Crippen LogP contribution is -2.44. The van der Waals surface area contributed by atoms with Crippen LogP contribution in [0.15, 0.2) is 16.6 Å². The third-order valence-corrected chi connectivity index (χ3v) is 4.04. The van der Waals surface area contributed by atoms with E-state index in [2.05, 4.69) is 26.1 Å². The van der Waals surface area contributed by atoms with E-state index in [1.165, 1.54) is 12.1 Å². The van der Waals surface area contributed by atoms with Crippen LogP contribution in [-0.4, -0.2) is 41.1 Å². The molecule has 6 nitrogen and oxygen atoms in total. The predicted molar refractivity (Wildman–Crippen MR) is 75.3 cm³/mol. The maximum Gasteiger partial charge on any atom is 0.271 e. The molecule has 1 fully saturated rings. The number of piperazine rings is 1. The van der Waals surface area contributed by atoms with Crippen molar-refractivity contribution in [3.8, 4) is 5.75 Å². The lowest BCUT2D eigenvalue weighted by Gasteiger charge is -2.33. The Labute approximate surface area is 119 Å². The fourth-order valence-electron chi connectivity index (χ4n) is 2.30. The average Bonchev–Trinajstić information content (AvgIpc) is 2.41. The number of hydrogen-bond acceptors (Lipinski definition) is 5. The Morgan fingerprint density at radius 2 is 2.11 bits per heavy atom. The van der Waals surface area contributed by atoms with Gasteiger partial charge in [0.1, 0.15) is 5.75 Å². The first-order valence-electron chi connectivity index (χ1n) is 6.12. The predicted octanol–water partition coefficient (Wildman–Crippen LogP) is 2.03. The highest BCUT2D eigenvalue weighted by atomic mass is 79.9. The third-order valence-electron chi connectivity index (χ3n) is 3.44. The summed E-state index contributed by atoms with van der Waals surface area (Å²) in [5.74, 6) is 0.0802. The number of nitro groups is 1. The lowest BCUT2D eigenvalue weighted by molar-refractivity contribution is -0.385. The van der Waals surface area contributed by atoms with Crippen LogP contribution in [-0.2, 0) is 0 Å². The highest BCUT2D eigenvalue weighted by molar-refractivity contribution is 9.10. The van der Waals surface area contributed by atoms with E-state index in [1.54, 1.807) is 0 Å². The van der Waals surface area contributed by atoms with E-state index in [0.717, 1.165) is 26.2 Å². The van der Waals surface area contributed by atoms with Gasteiger partial charge in [0.2, 0.25) is 0 Å². The molecule has 19 heavy (non-hydrogen) atoms. The Balaban J connectivity index is 2.34. The summed E-state index contributed by atoms with van der Waals surface area (Å²) in [6, 6.07) is 2.72. The van der Waals surface area contributed by atoms with Crippen molar-refractivity contribution >= 4 is 21.6 Å². The van der Waals surface area contributed by atoms with Gasteiger partial charge in [0, 0.05) is 49.9 Å². The maximum absolute atomic E-state index is 10.9. The summed E-state index contributed by atoms with van der Waals surface area (Å²) < 4.78 is 0.360. The topological polar surface area (TPSA) is 78.6 Å².